The normalized spacial score (nSPS) is 12.7. The second-order valence-corrected chi connectivity index (χ2v) is 5.42. The first kappa shape index (κ1) is 15.3. The molecule has 0 aliphatic carbocycles. The van der Waals surface area contributed by atoms with Crippen LogP contribution in [0.15, 0.2) is 24.3 Å². The minimum Gasteiger partial charge on any atom is -0.488 e. The summed E-state index contributed by atoms with van der Waals surface area (Å²) in [5.41, 5.74) is 0.423. The van der Waals surface area contributed by atoms with Gasteiger partial charge < -0.3 is 20.5 Å². The lowest BCUT2D eigenvalue weighted by Crippen LogP contribution is -2.38. The average molecular weight is 266 g/mol. The Balaban J connectivity index is 2.55. The third kappa shape index (κ3) is 6.10. The number of aliphatic hydroxyl groups is 1. The Labute approximate surface area is 114 Å². The smallest absolute Gasteiger partial charge is 0.319 e. The van der Waals surface area contributed by atoms with Crippen LogP contribution in [0.1, 0.15) is 27.7 Å². The molecule has 0 heterocycles. The molecule has 5 nitrogen and oxygen atoms in total. The van der Waals surface area contributed by atoms with Gasteiger partial charge in [-0.15, -0.1) is 0 Å². The Hall–Kier alpha value is -1.75. The summed E-state index contributed by atoms with van der Waals surface area (Å²) in [5.74, 6) is 0.752. The summed E-state index contributed by atoms with van der Waals surface area (Å²) in [6.45, 7) is 7.56. The van der Waals surface area contributed by atoms with Crippen molar-refractivity contribution >= 4 is 11.7 Å². The lowest BCUT2D eigenvalue weighted by atomic mass is 10.2. The van der Waals surface area contributed by atoms with Crippen LogP contribution < -0.4 is 15.4 Å². The molecule has 0 saturated heterocycles. The number of rotatable bonds is 4. The van der Waals surface area contributed by atoms with Crippen LogP contribution in [0, 0.1) is 0 Å². The molecule has 1 aromatic rings. The number of nitrogens with one attached hydrogen (secondary N) is 2. The standard InChI is InChI=1S/C14H22N2O3/c1-10(9-17)15-13(18)16-11-5-7-12(8-6-11)19-14(2,3)4/h5-8,10,17H,9H2,1-4H3,(H2,15,16,18). The van der Waals surface area contributed by atoms with Crippen LogP contribution in [0.25, 0.3) is 0 Å². The summed E-state index contributed by atoms with van der Waals surface area (Å²) in [4.78, 5) is 11.5. The van der Waals surface area contributed by atoms with E-state index < -0.39 is 0 Å². The van der Waals surface area contributed by atoms with E-state index in [0.29, 0.717) is 5.69 Å². The predicted molar refractivity (Wildman–Crippen MR) is 75.5 cm³/mol. The highest BCUT2D eigenvalue weighted by Crippen LogP contribution is 2.20. The third-order valence-corrected chi connectivity index (χ3v) is 2.19. The second-order valence-electron chi connectivity index (χ2n) is 5.42. The molecule has 3 N–H and O–H groups in total. The zero-order chi connectivity index (χ0) is 14.5. The molecule has 106 valence electrons. The molecule has 0 radical (unpaired) electrons. The summed E-state index contributed by atoms with van der Waals surface area (Å²) in [6, 6.07) is 6.52. The first-order valence-corrected chi connectivity index (χ1v) is 6.27. The van der Waals surface area contributed by atoms with Crippen molar-refractivity contribution in [2.75, 3.05) is 11.9 Å². The van der Waals surface area contributed by atoms with Crippen molar-refractivity contribution in [2.24, 2.45) is 0 Å². The summed E-state index contributed by atoms with van der Waals surface area (Å²) in [7, 11) is 0. The lowest BCUT2D eigenvalue weighted by Gasteiger charge is -2.21. The lowest BCUT2D eigenvalue weighted by molar-refractivity contribution is 0.131. The van der Waals surface area contributed by atoms with Crippen LogP contribution in [-0.4, -0.2) is 29.4 Å². The SMILES string of the molecule is CC(CO)NC(=O)Nc1ccc(OC(C)(C)C)cc1. The van der Waals surface area contributed by atoms with Gasteiger partial charge in [0.2, 0.25) is 0 Å². The van der Waals surface area contributed by atoms with E-state index in [1.54, 1.807) is 31.2 Å². The zero-order valence-electron chi connectivity index (χ0n) is 11.9. The molecule has 1 aromatic carbocycles. The van der Waals surface area contributed by atoms with Crippen molar-refractivity contribution < 1.29 is 14.6 Å². The molecule has 0 aromatic heterocycles. The van der Waals surface area contributed by atoms with Crippen LogP contribution in [0.4, 0.5) is 10.5 Å². The number of hydrogen-bond donors (Lipinski definition) is 3. The van der Waals surface area contributed by atoms with Gasteiger partial charge in [-0.05, 0) is 52.0 Å². The summed E-state index contributed by atoms with van der Waals surface area (Å²) in [5, 5.41) is 14.1. The van der Waals surface area contributed by atoms with E-state index in [1.165, 1.54) is 0 Å². The molecule has 1 atom stereocenters. The maximum absolute atomic E-state index is 11.5. The van der Waals surface area contributed by atoms with E-state index in [1.807, 2.05) is 20.8 Å². The molecule has 1 rings (SSSR count). The first-order valence-electron chi connectivity index (χ1n) is 6.27. The fraction of sp³-hybridized carbons (Fsp3) is 0.500. The molecule has 1 unspecified atom stereocenters. The minimum absolute atomic E-state index is 0.0915. The molecule has 0 fully saturated rings. The van der Waals surface area contributed by atoms with E-state index in [4.69, 9.17) is 9.84 Å². The second kappa shape index (κ2) is 6.43. The highest BCUT2D eigenvalue weighted by molar-refractivity contribution is 5.89. The van der Waals surface area contributed by atoms with Crippen molar-refractivity contribution in [2.45, 2.75) is 39.3 Å². The fourth-order valence-electron chi connectivity index (χ4n) is 1.40. The molecule has 0 spiro atoms. The Bertz CT molecular complexity index is 410. The number of anilines is 1. The van der Waals surface area contributed by atoms with Crippen molar-refractivity contribution in [1.82, 2.24) is 5.32 Å². The third-order valence-electron chi connectivity index (χ3n) is 2.19. The quantitative estimate of drug-likeness (QED) is 0.783. The number of ether oxygens (including phenoxy) is 1. The number of amides is 2. The first-order chi connectivity index (χ1) is 8.80. The highest BCUT2D eigenvalue weighted by atomic mass is 16.5. The number of aliphatic hydroxyl groups excluding tert-OH is 1. The Morgan fingerprint density at radius 3 is 2.37 bits per heavy atom. The Morgan fingerprint density at radius 2 is 1.89 bits per heavy atom. The number of benzene rings is 1. The van der Waals surface area contributed by atoms with Crippen molar-refractivity contribution in [3.63, 3.8) is 0 Å². The Kier molecular flexibility index (Phi) is 5.18. The predicted octanol–water partition coefficient (Wildman–Crippen LogP) is 2.37. The van der Waals surface area contributed by atoms with Crippen molar-refractivity contribution in [1.29, 1.82) is 0 Å². The number of carbonyl (C=O) groups is 1. The highest BCUT2D eigenvalue weighted by Gasteiger charge is 2.11. The number of carbonyl (C=O) groups excluding carboxylic acids is 1. The van der Waals surface area contributed by atoms with Gasteiger partial charge >= 0.3 is 6.03 Å². The molecular formula is C14H22N2O3. The van der Waals surface area contributed by atoms with Crippen LogP contribution in [0.3, 0.4) is 0 Å². The summed E-state index contributed by atoms with van der Waals surface area (Å²) >= 11 is 0. The molecule has 19 heavy (non-hydrogen) atoms. The molecule has 5 heteroatoms. The van der Waals surface area contributed by atoms with Gasteiger partial charge in [0.1, 0.15) is 11.4 Å². The van der Waals surface area contributed by atoms with Gasteiger partial charge in [-0.2, -0.15) is 0 Å². The van der Waals surface area contributed by atoms with E-state index in [9.17, 15) is 4.79 Å². The maximum atomic E-state index is 11.5. The zero-order valence-corrected chi connectivity index (χ0v) is 11.9. The van der Waals surface area contributed by atoms with Crippen molar-refractivity contribution in [3.05, 3.63) is 24.3 Å². The van der Waals surface area contributed by atoms with E-state index in [-0.39, 0.29) is 24.3 Å². The molecule has 0 aliphatic rings. The largest absolute Gasteiger partial charge is 0.488 e. The van der Waals surface area contributed by atoms with Crippen LogP contribution in [-0.2, 0) is 0 Å². The van der Waals surface area contributed by atoms with Gasteiger partial charge in [0.05, 0.1) is 12.6 Å². The Morgan fingerprint density at radius 1 is 1.32 bits per heavy atom. The van der Waals surface area contributed by atoms with Gasteiger partial charge in [-0.1, -0.05) is 0 Å². The topological polar surface area (TPSA) is 70.6 Å². The van der Waals surface area contributed by atoms with Gasteiger partial charge in [0, 0.05) is 5.69 Å². The van der Waals surface area contributed by atoms with E-state index in [0.717, 1.165) is 5.75 Å². The molecule has 0 aliphatic heterocycles. The summed E-state index contributed by atoms with van der Waals surface area (Å²) in [6.07, 6.45) is 0. The van der Waals surface area contributed by atoms with Gasteiger partial charge in [-0.3, -0.25) is 0 Å². The number of hydrogen-bond acceptors (Lipinski definition) is 3. The monoisotopic (exact) mass is 266 g/mol. The number of urea groups is 1. The van der Waals surface area contributed by atoms with Gasteiger partial charge in [0.15, 0.2) is 0 Å². The molecule has 0 bridgehead atoms. The van der Waals surface area contributed by atoms with Gasteiger partial charge in [-0.25, -0.2) is 4.79 Å². The van der Waals surface area contributed by atoms with Crippen molar-refractivity contribution in [3.8, 4) is 5.75 Å². The maximum Gasteiger partial charge on any atom is 0.319 e. The summed E-state index contributed by atoms with van der Waals surface area (Å²) < 4.78 is 5.68. The minimum atomic E-state index is -0.342. The van der Waals surface area contributed by atoms with Gasteiger partial charge in [0.25, 0.3) is 0 Å². The average Bonchev–Trinajstić information content (AvgIpc) is 2.29. The van der Waals surface area contributed by atoms with Crippen LogP contribution >= 0.6 is 0 Å². The van der Waals surface area contributed by atoms with Crippen LogP contribution in [0.2, 0.25) is 0 Å². The molecule has 2 amide bonds. The van der Waals surface area contributed by atoms with Crippen LogP contribution in [0.5, 0.6) is 5.75 Å². The fourth-order valence-corrected chi connectivity index (χ4v) is 1.40. The molecule has 0 saturated carbocycles. The van der Waals surface area contributed by atoms with E-state index in [2.05, 4.69) is 10.6 Å². The van der Waals surface area contributed by atoms with E-state index >= 15 is 0 Å². The molecular weight excluding hydrogens is 244 g/mol.